The van der Waals surface area contributed by atoms with Crippen molar-refractivity contribution >= 4 is 5.57 Å². The highest BCUT2D eigenvalue weighted by atomic mass is 16.5. The summed E-state index contributed by atoms with van der Waals surface area (Å²) in [6.07, 6.45) is 8.05. The van der Waals surface area contributed by atoms with Crippen LogP contribution in [0.2, 0.25) is 0 Å². The lowest BCUT2D eigenvalue weighted by Crippen LogP contribution is -2.22. The van der Waals surface area contributed by atoms with Gasteiger partial charge in [-0.2, -0.15) is 0 Å². The maximum Gasteiger partial charge on any atom is 0.119 e. The van der Waals surface area contributed by atoms with Gasteiger partial charge >= 0.3 is 0 Å². The van der Waals surface area contributed by atoms with E-state index >= 15 is 0 Å². The predicted molar refractivity (Wildman–Crippen MR) is 108 cm³/mol. The molecule has 1 aromatic rings. The van der Waals surface area contributed by atoms with E-state index in [1.165, 1.54) is 22.3 Å². The van der Waals surface area contributed by atoms with Crippen LogP contribution < -0.4 is 10.1 Å². The molecule has 0 aromatic heterocycles. The second kappa shape index (κ2) is 7.57. The smallest absolute Gasteiger partial charge is 0.119 e. The Morgan fingerprint density at radius 1 is 1.33 bits per heavy atom. The van der Waals surface area contributed by atoms with Gasteiger partial charge in [-0.15, -0.1) is 0 Å². The highest BCUT2D eigenvalue weighted by Crippen LogP contribution is 2.43. The quantitative estimate of drug-likeness (QED) is 0.636. The molecule has 2 atom stereocenters. The molecular formula is C23H26N2O2. The molecule has 1 aliphatic carbocycles. The van der Waals surface area contributed by atoms with Crippen LogP contribution in [-0.4, -0.2) is 18.6 Å². The van der Waals surface area contributed by atoms with Crippen molar-refractivity contribution in [3.63, 3.8) is 0 Å². The van der Waals surface area contributed by atoms with Gasteiger partial charge in [0.15, 0.2) is 0 Å². The zero-order chi connectivity index (χ0) is 18.8. The van der Waals surface area contributed by atoms with Crippen LogP contribution in [0.15, 0.2) is 53.4 Å². The molecule has 0 fully saturated rings. The van der Waals surface area contributed by atoms with Gasteiger partial charge in [0.05, 0.1) is 19.1 Å². The van der Waals surface area contributed by atoms with Crippen LogP contribution in [0.1, 0.15) is 55.5 Å². The van der Waals surface area contributed by atoms with Crippen molar-refractivity contribution in [2.24, 2.45) is 0 Å². The molecule has 4 heteroatoms. The van der Waals surface area contributed by atoms with Crippen molar-refractivity contribution < 1.29 is 9.15 Å². The standard InChI is InChI=1S/C23H26N2O2/c1-4-16-8-9-18(23-22(16)20-10-11-27-14-21(20)25-23)13-24-15(2)17-6-5-7-19(12-17)26-3/h5-7,9-12,14-16,24H,4,8,13H2,1-3H3. The van der Waals surface area contributed by atoms with Gasteiger partial charge < -0.3 is 14.5 Å². The van der Waals surface area contributed by atoms with E-state index in [-0.39, 0.29) is 6.04 Å². The Labute approximate surface area is 160 Å². The SMILES string of the molecule is CCC1CC=C(CNC(C)c2cccc(OC)c2)c2nc3coccc-3c21. The molecule has 0 spiro atoms. The number of methoxy groups -OCH3 is 1. The summed E-state index contributed by atoms with van der Waals surface area (Å²) in [7, 11) is 1.70. The first-order chi connectivity index (χ1) is 13.2. The second-order valence-corrected chi connectivity index (χ2v) is 7.18. The largest absolute Gasteiger partial charge is 0.497 e. The van der Waals surface area contributed by atoms with Gasteiger partial charge in [0.25, 0.3) is 0 Å². The Balaban J connectivity index is 1.57. The Morgan fingerprint density at radius 2 is 2.22 bits per heavy atom. The first-order valence-electron chi connectivity index (χ1n) is 9.63. The number of aromatic nitrogens is 1. The molecule has 1 N–H and O–H groups in total. The van der Waals surface area contributed by atoms with Gasteiger partial charge in [0.1, 0.15) is 17.7 Å². The summed E-state index contributed by atoms with van der Waals surface area (Å²) in [5.74, 6) is 1.42. The van der Waals surface area contributed by atoms with Gasteiger partial charge in [0, 0.05) is 18.2 Å². The monoisotopic (exact) mass is 362 g/mol. The topological polar surface area (TPSA) is 47.3 Å². The maximum atomic E-state index is 5.35. The average molecular weight is 362 g/mol. The van der Waals surface area contributed by atoms with Crippen LogP contribution >= 0.6 is 0 Å². The third kappa shape index (κ3) is 3.37. The minimum Gasteiger partial charge on any atom is -0.497 e. The zero-order valence-corrected chi connectivity index (χ0v) is 16.2. The molecule has 27 heavy (non-hydrogen) atoms. The highest BCUT2D eigenvalue weighted by Gasteiger charge is 2.28. The van der Waals surface area contributed by atoms with E-state index < -0.39 is 0 Å². The van der Waals surface area contributed by atoms with Gasteiger partial charge in [-0.05, 0) is 60.6 Å². The van der Waals surface area contributed by atoms with Gasteiger partial charge in [0.2, 0.25) is 0 Å². The first kappa shape index (κ1) is 17.8. The lowest BCUT2D eigenvalue weighted by Gasteiger charge is -2.23. The van der Waals surface area contributed by atoms with Gasteiger partial charge in [-0.3, -0.25) is 0 Å². The molecule has 0 bridgehead atoms. The number of ether oxygens (including phenoxy) is 1. The van der Waals surface area contributed by atoms with Crippen LogP contribution in [0.5, 0.6) is 5.75 Å². The average Bonchev–Trinajstić information content (AvgIpc) is 3.12. The summed E-state index contributed by atoms with van der Waals surface area (Å²) in [5.41, 5.74) is 7.20. The summed E-state index contributed by atoms with van der Waals surface area (Å²) in [6, 6.07) is 10.5. The van der Waals surface area contributed by atoms with Crippen LogP contribution in [0.4, 0.5) is 0 Å². The molecule has 4 rings (SSSR count). The summed E-state index contributed by atoms with van der Waals surface area (Å²) in [6.45, 7) is 5.23. The third-order valence-electron chi connectivity index (χ3n) is 5.59. The molecule has 2 heterocycles. The third-order valence-corrected chi connectivity index (χ3v) is 5.59. The van der Waals surface area contributed by atoms with E-state index in [9.17, 15) is 0 Å². The lowest BCUT2D eigenvalue weighted by molar-refractivity contribution is 0.413. The van der Waals surface area contributed by atoms with E-state index in [4.69, 9.17) is 14.1 Å². The fraction of sp³-hybridized carbons (Fsp3) is 0.348. The molecule has 4 nitrogen and oxygen atoms in total. The van der Waals surface area contributed by atoms with Crippen molar-refractivity contribution in [2.75, 3.05) is 13.7 Å². The number of hydrogen-bond acceptors (Lipinski definition) is 4. The maximum absolute atomic E-state index is 5.35. The van der Waals surface area contributed by atoms with Crippen LogP contribution in [-0.2, 0) is 0 Å². The Hall–Kier alpha value is -2.59. The molecule has 140 valence electrons. The van der Waals surface area contributed by atoms with Crippen LogP contribution in [0.3, 0.4) is 0 Å². The number of allylic oxidation sites excluding steroid dienone is 1. The lowest BCUT2D eigenvalue weighted by atomic mass is 9.83. The van der Waals surface area contributed by atoms with Crippen molar-refractivity contribution in [1.29, 1.82) is 0 Å². The Kier molecular flexibility index (Phi) is 4.99. The normalized spacial score (nSPS) is 17.4. The number of nitrogens with one attached hydrogen (secondary N) is 1. The molecule has 1 aromatic carbocycles. The molecular weight excluding hydrogens is 336 g/mol. The number of rotatable bonds is 6. The van der Waals surface area contributed by atoms with E-state index in [1.54, 1.807) is 19.6 Å². The van der Waals surface area contributed by atoms with Gasteiger partial charge in [-0.25, -0.2) is 4.98 Å². The van der Waals surface area contributed by atoms with Crippen molar-refractivity contribution in [1.82, 2.24) is 10.3 Å². The van der Waals surface area contributed by atoms with E-state index in [0.29, 0.717) is 5.92 Å². The van der Waals surface area contributed by atoms with Crippen molar-refractivity contribution in [3.05, 3.63) is 65.8 Å². The Bertz CT molecular complexity index is 928. The fourth-order valence-corrected chi connectivity index (χ4v) is 3.96. The summed E-state index contributed by atoms with van der Waals surface area (Å²) in [5, 5.41) is 3.65. The summed E-state index contributed by atoms with van der Waals surface area (Å²) >= 11 is 0. The molecule has 3 aliphatic rings. The molecule has 2 aliphatic heterocycles. The van der Waals surface area contributed by atoms with Crippen molar-refractivity contribution in [3.8, 4) is 17.0 Å². The predicted octanol–water partition coefficient (Wildman–Crippen LogP) is 5.42. The number of benzene rings is 1. The number of hydrogen-bond donors (Lipinski definition) is 1. The number of nitrogens with zero attached hydrogens (tertiary/aromatic N) is 1. The van der Waals surface area contributed by atoms with Crippen LogP contribution in [0, 0.1) is 0 Å². The van der Waals surface area contributed by atoms with E-state index in [1.807, 2.05) is 12.1 Å². The first-order valence-corrected chi connectivity index (χ1v) is 9.63. The highest BCUT2D eigenvalue weighted by molar-refractivity contribution is 5.80. The number of fused-ring (bicyclic) bond motifs is 3. The fourth-order valence-electron chi connectivity index (χ4n) is 3.96. The molecule has 0 radical (unpaired) electrons. The second-order valence-electron chi connectivity index (χ2n) is 7.18. The molecule has 0 saturated carbocycles. The van der Waals surface area contributed by atoms with E-state index in [0.717, 1.165) is 36.5 Å². The van der Waals surface area contributed by atoms with Gasteiger partial charge in [-0.1, -0.05) is 25.1 Å². The summed E-state index contributed by atoms with van der Waals surface area (Å²) < 4.78 is 10.7. The minimum absolute atomic E-state index is 0.229. The molecule has 2 unspecified atom stereocenters. The van der Waals surface area contributed by atoms with Crippen molar-refractivity contribution in [2.45, 2.75) is 38.6 Å². The molecule has 0 saturated heterocycles. The van der Waals surface area contributed by atoms with Crippen LogP contribution in [0.25, 0.3) is 16.8 Å². The molecule has 0 amide bonds. The Morgan fingerprint density at radius 3 is 3.04 bits per heavy atom. The zero-order valence-electron chi connectivity index (χ0n) is 16.2. The minimum atomic E-state index is 0.229. The summed E-state index contributed by atoms with van der Waals surface area (Å²) in [4.78, 5) is 4.89. The van der Waals surface area contributed by atoms with E-state index in [2.05, 4.69) is 43.4 Å².